The lowest BCUT2D eigenvalue weighted by molar-refractivity contribution is -0.130. The quantitative estimate of drug-likeness (QED) is 0.583. The third kappa shape index (κ3) is 5.85. The molecule has 31 heavy (non-hydrogen) atoms. The van der Waals surface area contributed by atoms with Crippen molar-refractivity contribution in [1.29, 1.82) is 0 Å². The summed E-state index contributed by atoms with van der Waals surface area (Å²) < 4.78 is 38.2. The SMILES string of the molecule is C[C@H](OC(=O)c1ccc(Br)c(S(=O)(=O)N2CCOCC2)c1)C(=O)N[C@H]1CCCC[C@H]1C. The van der Waals surface area contributed by atoms with E-state index in [1.54, 1.807) is 0 Å². The van der Waals surface area contributed by atoms with Gasteiger partial charge < -0.3 is 14.8 Å². The zero-order valence-electron chi connectivity index (χ0n) is 17.8. The fraction of sp³-hybridized carbons (Fsp3) is 0.619. The van der Waals surface area contributed by atoms with Gasteiger partial charge in [-0.15, -0.1) is 0 Å². The highest BCUT2D eigenvalue weighted by Crippen LogP contribution is 2.27. The third-order valence-electron chi connectivity index (χ3n) is 5.85. The van der Waals surface area contributed by atoms with Crippen LogP contribution in [0.1, 0.15) is 49.9 Å². The van der Waals surface area contributed by atoms with Gasteiger partial charge in [-0.3, -0.25) is 4.79 Å². The first kappa shape index (κ1) is 24.2. The van der Waals surface area contributed by atoms with Crippen LogP contribution in [0.5, 0.6) is 0 Å². The van der Waals surface area contributed by atoms with Gasteiger partial charge in [0.25, 0.3) is 5.91 Å². The van der Waals surface area contributed by atoms with E-state index in [-0.39, 0.29) is 35.5 Å². The molecule has 1 saturated heterocycles. The summed E-state index contributed by atoms with van der Waals surface area (Å²) in [5.41, 5.74) is 0.0701. The lowest BCUT2D eigenvalue weighted by Gasteiger charge is -2.30. The van der Waals surface area contributed by atoms with Crippen molar-refractivity contribution < 1.29 is 27.5 Å². The molecular weight excluding hydrogens is 488 g/mol. The number of sulfonamides is 1. The highest BCUT2D eigenvalue weighted by atomic mass is 79.9. The second kappa shape index (κ2) is 10.4. The highest BCUT2D eigenvalue weighted by molar-refractivity contribution is 9.10. The smallest absolute Gasteiger partial charge is 0.338 e. The second-order valence-electron chi connectivity index (χ2n) is 8.09. The fourth-order valence-corrected chi connectivity index (χ4v) is 6.23. The molecule has 1 saturated carbocycles. The minimum Gasteiger partial charge on any atom is -0.449 e. The summed E-state index contributed by atoms with van der Waals surface area (Å²) >= 11 is 3.26. The van der Waals surface area contributed by atoms with Gasteiger partial charge in [0.05, 0.1) is 23.7 Å². The molecule has 1 aromatic carbocycles. The van der Waals surface area contributed by atoms with Crippen molar-refractivity contribution in [3.8, 4) is 0 Å². The molecule has 1 amide bonds. The first-order valence-electron chi connectivity index (χ1n) is 10.6. The van der Waals surface area contributed by atoms with Gasteiger partial charge >= 0.3 is 5.97 Å². The van der Waals surface area contributed by atoms with E-state index in [1.165, 1.54) is 29.4 Å². The van der Waals surface area contributed by atoms with Crippen molar-refractivity contribution in [2.24, 2.45) is 5.92 Å². The maximum Gasteiger partial charge on any atom is 0.338 e. The van der Waals surface area contributed by atoms with Gasteiger partial charge in [0.1, 0.15) is 0 Å². The molecule has 8 nitrogen and oxygen atoms in total. The number of amides is 1. The second-order valence-corrected chi connectivity index (χ2v) is 10.8. The summed E-state index contributed by atoms with van der Waals surface area (Å²) in [6, 6.07) is 4.34. The number of nitrogens with one attached hydrogen (secondary N) is 1. The predicted molar refractivity (Wildman–Crippen MR) is 118 cm³/mol. The van der Waals surface area contributed by atoms with Gasteiger partial charge in [-0.25, -0.2) is 13.2 Å². The van der Waals surface area contributed by atoms with Crippen LogP contribution in [-0.2, 0) is 24.3 Å². The zero-order chi connectivity index (χ0) is 22.6. The molecule has 0 radical (unpaired) electrons. The molecule has 0 bridgehead atoms. The number of rotatable bonds is 6. The molecule has 0 spiro atoms. The first-order valence-corrected chi connectivity index (χ1v) is 12.8. The van der Waals surface area contributed by atoms with Crippen LogP contribution in [0.15, 0.2) is 27.6 Å². The summed E-state index contributed by atoms with van der Waals surface area (Å²) in [7, 11) is -3.80. The van der Waals surface area contributed by atoms with Crippen molar-refractivity contribution in [1.82, 2.24) is 9.62 Å². The summed E-state index contributed by atoms with van der Waals surface area (Å²) in [5, 5.41) is 2.97. The van der Waals surface area contributed by atoms with Gasteiger partial charge in [-0.05, 0) is 59.8 Å². The molecule has 1 heterocycles. The minimum atomic E-state index is -3.80. The van der Waals surface area contributed by atoms with E-state index in [0.717, 1.165) is 25.7 Å². The number of hydrogen-bond acceptors (Lipinski definition) is 6. The van der Waals surface area contributed by atoms with E-state index in [4.69, 9.17) is 9.47 Å². The molecule has 2 fully saturated rings. The zero-order valence-corrected chi connectivity index (χ0v) is 20.2. The standard InChI is InChI=1S/C21H29BrN2O6S/c1-14-5-3-4-6-18(14)23-20(25)15(2)30-21(26)16-7-8-17(22)19(13-16)31(27,28)24-9-11-29-12-10-24/h7-8,13-15,18H,3-6,9-12H2,1-2H3,(H,23,25)/t14-,15+,18+/m1/s1. The number of ether oxygens (including phenoxy) is 2. The summed E-state index contributed by atoms with van der Waals surface area (Å²) in [4.78, 5) is 25.1. The Morgan fingerprint density at radius 1 is 1.23 bits per heavy atom. The van der Waals surface area contributed by atoms with Crippen LogP contribution >= 0.6 is 15.9 Å². The number of carbonyl (C=O) groups excluding carboxylic acids is 2. The van der Waals surface area contributed by atoms with E-state index >= 15 is 0 Å². The Balaban J connectivity index is 1.68. The number of benzene rings is 1. The molecule has 0 aromatic heterocycles. The number of carbonyl (C=O) groups is 2. The average Bonchev–Trinajstić information content (AvgIpc) is 2.76. The Hall–Kier alpha value is -1.49. The van der Waals surface area contributed by atoms with Crippen LogP contribution in [0.4, 0.5) is 0 Å². The Labute approximate surface area is 191 Å². The number of halogens is 1. The van der Waals surface area contributed by atoms with Gasteiger partial charge in [-0.1, -0.05) is 19.8 Å². The molecule has 1 N–H and O–H groups in total. The van der Waals surface area contributed by atoms with Crippen LogP contribution in [0, 0.1) is 5.92 Å². The lowest BCUT2D eigenvalue weighted by Crippen LogP contribution is -2.46. The van der Waals surface area contributed by atoms with Crippen molar-refractivity contribution in [3.63, 3.8) is 0 Å². The largest absolute Gasteiger partial charge is 0.449 e. The van der Waals surface area contributed by atoms with Crippen LogP contribution < -0.4 is 5.32 Å². The van der Waals surface area contributed by atoms with Crippen molar-refractivity contribution in [2.75, 3.05) is 26.3 Å². The van der Waals surface area contributed by atoms with E-state index < -0.39 is 22.1 Å². The Bertz CT molecular complexity index is 916. The molecule has 1 aliphatic heterocycles. The third-order valence-corrected chi connectivity index (χ3v) is 8.74. The van der Waals surface area contributed by atoms with Crippen molar-refractivity contribution in [2.45, 2.75) is 56.6 Å². The van der Waals surface area contributed by atoms with Crippen LogP contribution in [0.3, 0.4) is 0 Å². The molecule has 10 heteroatoms. The lowest BCUT2D eigenvalue weighted by atomic mass is 9.86. The molecule has 172 valence electrons. The average molecular weight is 517 g/mol. The maximum atomic E-state index is 13.0. The van der Waals surface area contributed by atoms with Crippen LogP contribution in [-0.4, -0.2) is 63.0 Å². The van der Waals surface area contributed by atoms with Crippen molar-refractivity contribution >= 4 is 37.8 Å². The number of esters is 1. The summed E-state index contributed by atoms with van der Waals surface area (Å²) in [5.74, 6) is -0.698. The highest BCUT2D eigenvalue weighted by Gasteiger charge is 2.30. The minimum absolute atomic E-state index is 0.0167. The molecular formula is C21H29BrN2O6S. The molecule has 1 aromatic rings. The summed E-state index contributed by atoms with van der Waals surface area (Å²) in [6.07, 6.45) is 3.24. The fourth-order valence-electron chi connectivity index (χ4n) is 3.87. The summed E-state index contributed by atoms with van der Waals surface area (Å²) in [6.45, 7) is 4.78. The molecule has 1 aliphatic carbocycles. The topological polar surface area (TPSA) is 102 Å². The van der Waals surface area contributed by atoms with E-state index in [1.807, 2.05) is 0 Å². The van der Waals surface area contributed by atoms with Gasteiger partial charge in [0, 0.05) is 23.6 Å². The van der Waals surface area contributed by atoms with Crippen LogP contribution in [0.2, 0.25) is 0 Å². The maximum absolute atomic E-state index is 13.0. The Morgan fingerprint density at radius 2 is 1.90 bits per heavy atom. The first-order chi connectivity index (χ1) is 14.7. The van der Waals surface area contributed by atoms with E-state index in [2.05, 4.69) is 28.2 Å². The molecule has 2 aliphatic rings. The van der Waals surface area contributed by atoms with Gasteiger partial charge in [0.15, 0.2) is 6.10 Å². The van der Waals surface area contributed by atoms with Gasteiger partial charge in [-0.2, -0.15) is 4.31 Å². The predicted octanol–water partition coefficient (Wildman–Crippen LogP) is 2.71. The Kier molecular flexibility index (Phi) is 8.12. The molecule has 3 rings (SSSR count). The molecule has 3 atom stereocenters. The number of morpholine rings is 1. The van der Waals surface area contributed by atoms with Crippen molar-refractivity contribution in [3.05, 3.63) is 28.2 Å². The monoisotopic (exact) mass is 516 g/mol. The van der Waals surface area contributed by atoms with E-state index in [9.17, 15) is 18.0 Å². The van der Waals surface area contributed by atoms with Gasteiger partial charge in [0.2, 0.25) is 10.0 Å². The normalized spacial score (nSPS) is 23.7. The number of hydrogen-bond donors (Lipinski definition) is 1. The van der Waals surface area contributed by atoms with E-state index in [0.29, 0.717) is 23.6 Å². The van der Waals surface area contributed by atoms with Crippen LogP contribution in [0.25, 0.3) is 0 Å². The Morgan fingerprint density at radius 3 is 2.58 bits per heavy atom. The number of nitrogens with zero attached hydrogens (tertiary/aromatic N) is 1. The molecule has 0 unspecified atom stereocenters.